The van der Waals surface area contributed by atoms with Gasteiger partial charge in [-0.3, -0.25) is 0 Å². The van der Waals surface area contributed by atoms with Crippen molar-refractivity contribution in [2.75, 3.05) is 6.54 Å². The molecule has 2 nitrogen and oxygen atoms in total. The fraction of sp³-hybridized carbons (Fsp3) is 1.00. The number of rotatable bonds is 8. The highest BCUT2D eigenvalue weighted by molar-refractivity contribution is 6.51. The molecule has 13 heavy (non-hydrogen) atoms. The standard InChI is InChI=1S/C10H25NOSi/c1-4-5-8-13(9-6-7-11)12-10(2)3/h10,13H,4-9,11H2,1-3H3. The van der Waals surface area contributed by atoms with Crippen LogP contribution in [0.3, 0.4) is 0 Å². The van der Waals surface area contributed by atoms with Gasteiger partial charge in [0.15, 0.2) is 9.04 Å². The summed E-state index contributed by atoms with van der Waals surface area (Å²) in [4.78, 5) is 0. The van der Waals surface area contributed by atoms with Crippen molar-refractivity contribution in [2.24, 2.45) is 5.73 Å². The molecule has 0 saturated heterocycles. The van der Waals surface area contributed by atoms with E-state index in [0.29, 0.717) is 6.10 Å². The minimum absolute atomic E-state index is 0.409. The Labute approximate surface area is 84.6 Å². The van der Waals surface area contributed by atoms with Crippen molar-refractivity contribution in [3.63, 3.8) is 0 Å². The molecular formula is C10H25NOSi. The summed E-state index contributed by atoms with van der Waals surface area (Å²) in [5.74, 6) is 0. The molecule has 0 amide bonds. The summed E-state index contributed by atoms with van der Waals surface area (Å²) in [6, 6.07) is 2.59. The Kier molecular flexibility index (Phi) is 8.81. The third kappa shape index (κ3) is 8.47. The molecular weight excluding hydrogens is 178 g/mol. The van der Waals surface area contributed by atoms with Crippen LogP contribution in [0.1, 0.15) is 40.0 Å². The van der Waals surface area contributed by atoms with Crippen LogP contribution in [0.5, 0.6) is 0 Å². The molecule has 1 unspecified atom stereocenters. The maximum absolute atomic E-state index is 5.94. The second kappa shape index (κ2) is 8.72. The number of hydrogen-bond acceptors (Lipinski definition) is 2. The molecule has 0 aromatic carbocycles. The number of hydrogen-bond donors (Lipinski definition) is 1. The molecule has 0 rings (SSSR count). The van der Waals surface area contributed by atoms with Gasteiger partial charge in [-0.25, -0.2) is 0 Å². The van der Waals surface area contributed by atoms with Gasteiger partial charge < -0.3 is 10.2 Å². The first-order chi connectivity index (χ1) is 6.20. The van der Waals surface area contributed by atoms with E-state index >= 15 is 0 Å². The van der Waals surface area contributed by atoms with Gasteiger partial charge in [0.2, 0.25) is 0 Å². The Morgan fingerprint density at radius 2 is 1.85 bits per heavy atom. The van der Waals surface area contributed by atoms with Gasteiger partial charge in [0, 0.05) is 6.10 Å². The van der Waals surface area contributed by atoms with E-state index in [2.05, 4.69) is 20.8 Å². The van der Waals surface area contributed by atoms with Crippen LogP contribution in [0, 0.1) is 0 Å². The zero-order chi connectivity index (χ0) is 10.1. The van der Waals surface area contributed by atoms with E-state index in [9.17, 15) is 0 Å². The normalized spacial score (nSPS) is 13.6. The van der Waals surface area contributed by atoms with Crippen LogP contribution in [-0.4, -0.2) is 21.7 Å². The van der Waals surface area contributed by atoms with Crippen molar-refractivity contribution in [3.8, 4) is 0 Å². The SMILES string of the molecule is CCCC[SiH](CCCN)OC(C)C. The molecule has 0 saturated carbocycles. The first kappa shape index (κ1) is 13.1. The summed E-state index contributed by atoms with van der Waals surface area (Å²) in [6.45, 7) is 7.32. The maximum Gasteiger partial charge on any atom is 0.177 e. The van der Waals surface area contributed by atoms with Crippen LogP contribution < -0.4 is 5.73 Å². The Balaban J connectivity index is 3.60. The summed E-state index contributed by atoms with van der Waals surface area (Å²) < 4.78 is 5.94. The van der Waals surface area contributed by atoms with Crippen molar-refractivity contribution in [1.82, 2.24) is 0 Å². The van der Waals surface area contributed by atoms with E-state index in [1.54, 1.807) is 0 Å². The van der Waals surface area contributed by atoms with Gasteiger partial charge in [0.1, 0.15) is 0 Å². The fourth-order valence-corrected chi connectivity index (χ4v) is 4.33. The topological polar surface area (TPSA) is 35.2 Å². The van der Waals surface area contributed by atoms with Gasteiger partial charge in [0.25, 0.3) is 0 Å². The zero-order valence-corrected chi connectivity index (χ0v) is 10.5. The van der Waals surface area contributed by atoms with Crippen LogP contribution in [-0.2, 0) is 4.43 Å². The molecule has 0 fully saturated rings. The Morgan fingerprint density at radius 3 is 2.31 bits per heavy atom. The minimum atomic E-state index is -0.907. The van der Waals surface area contributed by atoms with E-state index < -0.39 is 9.04 Å². The molecule has 0 aromatic rings. The second-order valence-electron chi connectivity index (χ2n) is 3.88. The Morgan fingerprint density at radius 1 is 1.23 bits per heavy atom. The summed E-state index contributed by atoms with van der Waals surface area (Å²) in [5, 5.41) is 0. The highest BCUT2D eigenvalue weighted by atomic mass is 28.3. The summed E-state index contributed by atoms with van der Waals surface area (Å²) in [6.07, 6.45) is 4.17. The Bertz CT molecular complexity index is 101. The summed E-state index contributed by atoms with van der Waals surface area (Å²) in [5.41, 5.74) is 5.50. The van der Waals surface area contributed by atoms with E-state index in [1.165, 1.54) is 24.9 Å². The Hall–Kier alpha value is 0.137. The summed E-state index contributed by atoms with van der Waals surface area (Å²) in [7, 11) is -0.907. The van der Waals surface area contributed by atoms with E-state index in [0.717, 1.165) is 13.0 Å². The molecule has 0 radical (unpaired) electrons. The van der Waals surface area contributed by atoms with E-state index in [-0.39, 0.29) is 0 Å². The molecule has 3 heteroatoms. The highest BCUT2D eigenvalue weighted by Gasteiger charge is 2.12. The summed E-state index contributed by atoms with van der Waals surface area (Å²) >= 11 is 0. The predicted octanol–water partition coefficient (Wildman–Crippen LogP) is 2.28. The largest absolute Gasteiger partial charge is 0.418 e. The second-order valence-corrected chi connectivity index (χ2v) is 6.55. The van der Waals surface area contributed by atoms with Gasteiger partial charge >= 0.3 is 0 Å². The molecule has 0 aliphatic rings. The van der Waals surface area contributed by atoms with E-state index in [1.807, 2.05) is 0 Å². The van der Waals surface area contributed by atoms with Crippen LogP contribution >= 0.6 is 0 Å². The number of nitrogens with two attached hydrogens (primary N) is 1. The van der Waals surface area contributed by atoms with E-state index in [4.69, 9.17) is 10.2 Å². The average Bonchev–Trinajstić information content (AvgIpc) is 2.09. The van der Waals surface area contributed by atoms with Gasteiger partial charge in [0.05, 0.1) is 0 Å². The molecule has 0 aromatic heterocycles. The monoisotopic (exact) mass is 203 g/mol. The van der Waals surface area contributed by atoms with Crippen molar-refractivity contribution in [3.05, 3.63) is 0 Å². The minimum Gasteiger partial charge on any atom is -0.418 e. The molecule has 2 N–H and O–H groups in total. The van der Waals surface area contributed by atoms with Crippen molar-refractivity contribution in [2.45, 2.75) is 58.2 Å². The predicted molar refractivity (Wildman–Crippen MR) is 61.6 cm³/mol. The lowest BCUT2D eigenvalue weighted by Gasteiger charge is -2.18. The van der Waals surface area contributed by atoms with Crippen LogP contribution in [0.25, 0.3) is 0 Å². The van der Waals surface area contributed by atoms with Gasteiger partial charge in [-0.2, -0.15) is 0 Å². The van der Waals surface area contributed by atoms with Crippen molar-refractivity contribution < 1.29 is 4.43 Å². The fourth-order valence-electron chi connectivity index (χ4n) is 1.44. The van der Waals surface area contributed by atoms with Crippen molar-refractivity contribution >= 4 is 9.04 Å². The smallest absolute Gasteiger partial charge is 0.177 e. The van der Waals surface area contributed by atoms with Crippen LogP contribution in [0.2, 0.25) is 12.1 Å². The number of unbranched alkanes of at least 4 members (excludes halogenated alkanes) is 1. The first-order valence-corrected chi connectivity index (χ1v) is 7.66. The molecule has 0 bridgehead atoms. The third-order valence-corrected chi connectivity index (χ3v) is 5.11. The highest BCUT2D eigenvalue weighted by Crippen LogP contribution is 2.11. The quantitative estimate of drug-likeness (QED) is 0.614. The molecule has 80 valence electrons. The van der Waals surface area contributed by atoms with Gasteiger partial charge in [-0.05, 0) is 38.9 Å². The average molecular weight is 203 g/mol. The lowest BCUT2D eigenvalue weighted by Crippen LogP contribution is -2.23. The molecule has 0 aliphatic carbocycles. The molecule has 0 heterocycles. The van der Waals surface area contributed by atoms with Crippen molar-refractivity contribution in [1.29, 1.82) is 0 Å². The van der Waals surface area contributed by atoms with Crippen LogP contribution in [0.15, 0.2) is 0 Å². The first-order valence-electron chi connectivity index (χ1n) is 5.56. The van der Waals surface area contributed by atoms with Gasteiger partial charge in [-0.15, -0.1) is 0 Å². The third-order valence-electron chi connectivity index (χ3n) is 2.07. The lowest BCUT2D eigenvalue weighted by atomic mass is 10.4. The van der Waals surface area contributed by atoms with Gasteiger partial charge in [-0.1, -0.05) is 19.8 Å². The molecule has 1 atom stereocenters. The van der Waals surface area contributed by atoms with Crippen LogP contribution in [0.4, 0.5) is 0 Å². The maximum atomic E-state index is 5.94. The lowest BCUT2D eigenvalue weighted by molar-refractivity contribution is 0.240. The molecule has 0 spiro atoms. The molecule has 0 aliphatic heterocycles. The zero-order valence-electron chi connectivity index (χ0n) is 9.38.